The molecule has 0 unspecified atom stereocenters. The summed E-state index contributed by atoms with van der Waals surface area (Å²) in [5.41, 5.74) is 6.29. The number of nitrogens with zero attached hydrogens (tertiary/aromatic N) is 1. The van der Waals surface area contributed by atoms with Crippen LogP contribution in [0.4, 0.5) is 9.39 Å². The fourth-order valence-electron chi connectivity index (χ4n) is 2.32. The van der Waals surface area contributed by atoms with Gasteiger partial charge < -0.3 is 15.8 Å². The van der Waals surface area contributed by atoms with E-state index in [9.17, 15) is 14.0 Å². The molecule has 2 amide bonds. The molecule has 0 bridgehead atoms. The van der Waals surface area contributed by atoms with Crippen LogP contribution in [0.15, 0.2) is 29.6 Å². The first-order chi connectivity index (χ1) is 11.9. The van der Waals surface area contributed by atoms with E-state index >= 15 is 0 Å². The maximum Gasteiger partial charge on any atom is 0.251 e. The van der Waals surface area contributed by atoms with Gasteiger partial charge in [-0.3, -0.25) is 14.5 Å². The maximum absolute atomic E-state index is 13.8. The Morgan fingerprint density at radius 1 is 1.36 bits per heavy atom. The van der Waals surface area contributed by atoms with Crippen LogP contribution in [-0.2, 0) is 11.3 Å². The number of amides is 2. The van der Waals surface area contributed by atoms with E-state index in [1.165, 1.54) is 24.5 Å². The molecular weight excluding hydrogens is 345 g/mol. The number of halogens is 1. The average molecular weight is 365 g/mol. The molecule has 0 radical (unpaired) electrons. The summed E-state index contributed by atoms with van der Waals surface area (Å²) in [4.78, 5) is 25.4. The first-order valence-corrected chi connectivity index (χ1v) is 8.54. The molecule has 0 aliphatic rings. The number of hydrogen-bond acceptors (Lipinski definition) is 5. The number of thiophene rings is 1. The highest BCUT2D eigenvalue weighted by Crippen LogP contribution is 2.23. The number of hydrogen-bond donors (Lipinski definition) is 2. The normalized spacial score (nSPS) is 10.7. The zero-order chi connectivity index (χ0) is 18.4. The minimum Gasteiger partial charge on any atom is -0.494 e. The number of benzene rings is 1. The lowest BCUT2D eigenvalue weighted by Crippen LogP contribution is -2.33. The van der Waals surface area contributed by atoms with Crippen LogP contribution in [0.1, 0.15) is 22.8 Å². The van der Waals surface area contributed by atoms with Crippen molar-refractivity contribution >= 4 is 28.2 Å². The summed E-state index contributed by atoms with van der Waals surface area (Å²) in [6, 6.07) is 6.28. The standard InChI is InChI=1S/C17H20FN3O3S/c1-3-21(9-11-4-5-14(24-2)13(18)8-11)10-15(22)20-17-12(16(19)23)6-7-25-17/h4-8H,3,9-10H2,1-2H3,(H2,19,23)(H,20,22). The number of carbonyl (C=O) groups is 2. The van der Waals surface area contributed by atoms with Crippen LogP contribution in [0.3, 0.4) is 0 Å². The van der Waals surface area contributed by atoms with Gasteiger partial charge in [0, 0.05) is 6.54 Å². The molecule has 2 rings (SSSR count). The van der Waals surface area contributed by atoms with Crippen molar-refractivity contribution in [1.82, 2.24) is 4.90 Å². The van der Waals surface area contributed by atoms with Gasteiger partial charge in [0.15, 0.2) is 11.6 Å². The van der Waals surface area contributed by atoms with Gasteiger partial charge in [-0.15, -0.1) is 11.3 Å². The summed E-state index contributed by atoms with van der Waals surface area (Å²) in [6.45, 7) is 3.04. The second-order valence-electron chi connectivity index (χ2n) is 5.35. The van der Waals surface area contributed by atoms with E-state index in [-0.39, 0.29) is 18.2 Å². The van der Waals surface area contributed by atoms with Gasteiger partial charge >= 0.3 is 0 Å². The molecule has 3 N–H and O–H groups in total. The van der Waals surface area contributed by atoms with Crippen molar-refractivity contribution in [3.05, 3.63) is 46.6 Å². The zero-order valence-corrected chi connectivity index (χ0v) is 14.9. The van der Waals surface area contributed by atoms with Crippen LogP contribution < -0.4 is 15.8 Å². The number of methoxy groups -OCH3 is 1. The first-order valence-electron chi connectivity index (χ1n) is 7.66. The lowest BCUT2D eigenvalue weighted by Gasteiger charge is -2.20. The van der Waals surface area contributed by atoms with Crippen LogP contribution in [0.25, 0.3) is 0 Å². The average Bonchev–Trinajstić information content (AvgIpc) is 3.02. The Bertz CT molecular complexity index is 763. The third-order valence-corrected chi connectivity index (χ3v) is 4.45. The number of rotatable bonds is 8. The SMILES string of the molecule is CCN(CC(=O)Nc1sccc1C(N)=O)Cc1ccc(OC)c(F)c1. The van der Waals surface area contributed by atoms with Crippen molar-refractivity contribution in [1.29, 1.82) is 0 Å². The smallest absolute Gasteiger partial charge is 0.251 e. The Morgan fingerprint density at radius 3 is 2.72 bits per heavy atom. The molecular formula is C17H20FN3O3S. The number of primary amides is 1. The van der Waals surface area contributed by atoms with Crippen molar-refractivity contribution in [3.63, 3.8) is 0 Å². The molecule has 0 spiro atoms. The first kappa shape index (κ1) is 18.9. The van der Waals surface area contributed by atoms with Crippen molar-refractivity contribution in [3.8, 4) is 5.75 Å². The Labute approximate surface area is 149 Å². The highest BCUT2D eigenvalue weighted by molar-refractivity contribution is 7.14. The molecule has 25 heavy (non-hydrogen) atoms. The summed E-state index contributed by atoms with van der Waals surface area (Å²) in [5, 5.41) is 4.82. The maximum atomic E-state index is 13.8. The molecule has 1 aromatic heterocycles. The van der Waals surface area contributed by atoms with Crippen LogP contribution in [0.5, 0.6) is 5.75 Å². The Kier molecular flexibility index (Phi) is 6.49. The van der Waals surface area contributed by atoms with E-state index in [2.05, 4.69) is 5.32 Å². The molecule has 0 aliphatic heterocycles. The molecule has 8 heteroatoms. The fraction of sp³-hybridized carbons (Fsp3) is 0.294. The van der Waals surface area contributed by atoms with Crippen molar-refractivity contribution in [2.75, 3.05) is 25.5 Å². The molecule has 0 atom stereocenters. The lowest BCUT2D eigenvalue weighted by molar-refractivity contribution is -0.117. The minimum atomic E-state index is -0.586. The Balaban J connectivity index is 1.99. The largest absolute Gasteiger partial charge is 0.494 e. The zero-order valence-electron chi connectivity index (χ0n) is 14.0. The van der Waals surface area contributed by atoms with E-state index in [0.717, 1.165) is 5.56 Å². The fourth-order valence-corrected chi connectivity index (χ4v) is 3.12. The highest BCUT2D eigenvalue weighted by atomic mass is 32.1. The van der Waals surface area contributed by atoms with Gasteiger partial charge in [-0.1, -0.05) is 13.0 Å². The van der Waals surface area contributed by atoms with Crippen LogP contribution in [0, 0.1) is 5.82 Å². The van der Waals surface area contributed by atoms with Crippen LogP contribution in [-0.4, -0.2) is 36.9 Å². The van der Waals surface area contributed by atoms with E-state index in [4.69, 9.17) is 10.5 Å². The molecule has 0 aliphatic carbocycles. The van der Waals surface area contributed by atoms with Crippen LogP contribution >= 0.6 is 11.3 Å². The molecule has 1 aromatic carbocycles. The van der Waals surface area contributed by atoms with E-state index < -0.39 is 11.7 Å². The summed E-state index contributed by atoms with van der Waals surface area (Å²) < 4.78 is 18.7. The number of carbonyl (C=O) groups excluding carboxylic acids is 2. The summed E-state index contributed by atoms with van der Waals surface area (Å²) >= 11 is 1.24. The predicted molar refractivity (Wildman–Crippen MR) is 95.4 cm³/mol. The van der Waals surface area contributed by atoms with Crippen LogP contribution in [0.2, 0.25) is 0 Å². The monoisotopic (exact) mass is 365 g/mol. The van der Waals surface area contributed by atoms with E-state index in [1.54, 1.807) is 23.6 Å². The second-order valence-corrected chi connectivity index (χ2v) is 6.26. The molecule has 134 valence electrons. The van der Waals surface area contributed by atoms with Crippen molar-refractivity contribution in [2.24, 2.45) is 5.73 Å². The van der Waals surface area contributed by atoms with Gasteiger partial charge in [0.05, 0.1) is 19.2 Å². The molecule has 0 saturated carbocycles. The summed E-state index contributed by atoms with van der Waals surface area (Å²) in [5.74, 6) is -1.11. The number of anilines is 1. The number of nitrogens with one attached hydrogen (secondary N) is 1. The topological polar surface area (TPSA) is 84.7 Å². The second kappa shape index (κ2) is 8.59. The van der Waals surface area contributed by atoms with Gasteiger partial charge in [0.1, 0.15) is 5.00 Å². The van der Waals surface area contributed by atoms with Gasteiger partial charge in [0.25, 0.3) is 5.91 Å². The van der Waals surface area contributed by atoms with E-state index in [0.29, 0.717) is 23.7 Å². The Hall–Kier alpha value is -2.45. The number of ether oxygens (including phenoxy) is 1. The molecule has 0 saturated heterocycles. The highest BCUT2D eigenvalue weighted by Gasteiger charge is 2.15. The number of nitrogens with two attached hydrogens (primary N) is 1. The third kappa shape index (κ3) is 5.01. The number of likely N-dealkylation sites (N-methyl/N-ethyl adjacent to an activating group) is 1. The van der Waals surface area contributed by atoms with Gasteiger partial charge in [-0.05, 0) is 35.7 Å². The third-order valence-electron chi connectivity index (χ3n) is 3.62. The summed E-state index contributed by atoms with van der Waals surface area (Å²) in [7, 11) is 1.41. The van der Waals surface area contributed by atoms with Gasteiger partial charge in [-0.2, -0.15) is 0 Å². The molecule has 0 fully saturated rings. The predicted octanol–water partition coefficient (Wildman–Crippen LogP) is 2.46. The van der Waals surface area contributed by atoms with Crippen molar-refractivity contribution in [2.45, 2.75) is 13.5 Å². The minimum absolute atomic E-state index is 0.111. The summed E-state index contributed by atoms with van der Waals surface area (Å²) in [6.07, 6.45) is 0. The lowest BCUT2D eigenvalue weighted by atomic mass is 10.2. The molecule has 2 aromatic rings. The van der Waals surface area contributed by atoms with E-state index in [1.807, 2.05) is 11.8 Å². The van der Waals surface area contributed by atoms with Crippen molar-refractivity contribution < 1.29 is 18.7 Å². The Morgan fingerprint density at radius 2 is 2.12 bits per heavy atom. The van der Waals surface area contributed by atoms with Gasteiger partial charge in [-0.25, -0.2) is 4.39 Å². The molecule has 1 heterocycles. The quantitative estimate of drug-likeness (QED) is 0.753. The van der Waals surface area contributed by atoms with Gasteiger partial charge in [0.2, 0.25) is 5.91 Å². The molecule has 6 nitrogen and oxygen atoms in total.